The van der Waals surface area contributed by atoms with Crippen molar-refractivity contribution >= 4 is 37.9 Å². The molecular formula is C52H43N. The second-order valence-corrected chi connectivity index (χ2v) is 14.4. The summed E-state index contributed by atoms with van der Waals surface area (Å²) in [5, 5.41) is 7.89. The molecule has 2 aliphatic carbocycles. The van der Waals surface area contributed by atoms with E-state index in [1.165, 1.54) is 97.8 Å². The fourth-order valence-electron chi connectivity index (χ4n) is 8.94. The Morgan fingerprint density at radius 3 is 1.92 bits per heavy atom. The first-order chi connectivity index (χ1) is 26.3. The van der Waals surface area contributed by atoms with Gasteiger partial charge >= 0.3 is 0 Å². The van der Waals surface area contributed by atoms with E-state index in [1.807, 2.05) is 24.4 Å². The molecule has 1 nitrogen and oxygen atoms in total. The van der Waals surface area contributed by atoms with Gasteiger partial charge in [0.2, 0.25) is 0 Å². The van der Waals surface area contributed by atoms with Gasteiger partial charge in [-0.15, -0.1) is 0 Å². The van der Waals surface area contributed by atoms with E-state index in [-0.39, 0.29) is 0 Å². The maximum atomic E-state index is 4.94. The summed E-state index contributed by atoms with van der Waals surface area (Å²) in [6.07, 6.45) is 24.0. The maximum absolute atomic E-state index is 4.94. The van der Waals surface area contributed by atoms with Crippen LogP contribution in [0.5, 0.6) is 0 Å². The van der Waals surface area contributed by atoms with E-state index in [0.717, 1.165) is 28.8 Å². The summed E-state index contributed by atoms with van der Waals surface area (Å²) >= 11 is 0. The zero-order valence-electron chi connectivity index (χ0n) is 30.1. The summed E-state index contributed by atoms with van der Waals surface area (Å²) in [6.45, 7) is 3.93. The molecule has 0 aliphatic heterocycles. The lowest BCUT2D eigenvalue weighted by molar-refractivity contribution is 0.445. The third kappa shape index (κ3) is 6.07. The van der Waals surface area contributed by atoms with Crippen molar-refractivity contribution in [2.24, 2.45) is 0 Å². The Bertz CT molecular complexity index is 2570. The van der Waals surface area contributed by atoms with Crippen molar-refractivity contribution in [1.82, 2.24) is 4.98 Å². The molecule has 2 aliphatic rings. The summed E-state index contributed by atoms with van der Waals surface area (Å²) in [6, 6.07) is 45.4. The molecule has 0 unspecified atom stereocenters. The van der Waals surface area contributed by atoms with Gasteiger partial charge in [0, 0.05) is 17.3 Å². The van der Waals surface area contributed by atoms with Gasteiger partial charge in [-0.25, -0.2) is 0 Å². The Hall–Kier alpha value is -6.05. The average molecular weight is 682 g/mol. The predicted octanol–water partition coefficient (Wildman–Crippen LogP) is 14.6. The molecule has 256 valence electrons. The number of aromatic nitrogens is 1. The standard InChI is InChI=1S/C52H43N/c1-2-3-21-41(37-19-8-5-9-20-37)52-42(30-16-35-53-52)38-31-33-39(34-32-38)50-46-22-10-12-24-48(46)51(49-25-13-11-23-47(49)50)45-29-15-27-43-40(26-14-28-44(43)45)36-17-6-4-7-18-36/h2-3,5,8-16,19,21-36H,1,4,6-7,17-18,20H2/b21-3-,41-37+. The van der Waals surface area contributed by atoms with Gasteiger partial charge in [0.05, 0.1) is 5.69 Å². The molecule has 0 radical (unpaired) electrons. The first-order valence-corrected chi connectivity index (χ1v) is 19.2. The van der Waals surface area contributed by atoms with Crippen molar-refractivity contribution in [3.05, 3.63) is 193 Å². The minimum atomic E-state index is 0.650. The lowest BCUT2D eigenvalue weighted by atomic mass is 9.80. The Kier molecular flexibility index (Phi) is 9.00. The molecule has 0 spiro atoms. The lowest BCUT2D eigenvalue weighted by Crippen LogP contribution is -2.05. The number of hydrogen-bond donors (Lipinski definition) is 0. The normalized spacial score (nSPS) is 15.8. The van der Waals surface area contributed by atoms with Crippen LogP contribution in [0.2, 0.25) is 0 Å². The lowest BCUT2D eigenvalue weighted by Gasteiger charge is -2.24. The highest BCUT2D eigenvalue weighted by Crippen LogP contribution is 2.47. The van der Waals surface area contributed by atoms with Crippen LogP contribution in [0.4, 0.5) is 0 Å². The number of pyridine rings is 1. The number of benzene rings is 6. The summed E-state index contributed by atoms with van der Waals surface area (Å²) in [5.74, 6) is 0.650. The topological polar surface area (TPSA) is 12.9 Å². The van der Waals surface area contributed by atoms with Crippen molar-refractivity contribution < 1.29 is 0 Å². The van der Waals surface area contributed by atoms with Gasteiger partial charge in [-0.05, 0) is 103 Å². The van der Waals surface area contributed by atoms with Gasteiger partial charge in [0.15, 0.2) is 0 Å². The molecule has 1 saturated carbocycles. The first-order valence-electron chi connectivity index (χ1n) is 19.2. The fourth-order valence-corrected chi connectivity index (χ4v) is 8.94. The fraction of sp³-hybridized carbons (Fsp3) is 0.135. The number of hydrogen-bond acceptors (Lipinski definition) is 1. The average Bonchev–Trinajstić information content (AvgIpc) is 3.23. The highest BCUT2D eigenvalue weighted by Gasteiger charge is 2.21. The van der Waals surface area contributed by atoms with Crippen LogP contribution in [0.15, 0.2) is 182 Å². The van der Waals surface area contributed by atoms with Crippen LogP contribution in [-0.2, 0) is 0 Å². The Morgan fingerprint density at radius 1 is 0.585 bits per heavy atom. The maximum Gasteiger partial charge on any atom is 0.0783 e. The second-order valence-electron chi connectivity index (χ2n) is 14.4. The minimum absolute atomic E-state index is 0.650. The molecule has 0 atom stereocenters. The van der Waals surface area contributed by atoms with E-state index in [0.29, 0.717) is 5.92 Å². The number of nitrogens with zero attached hydrogens (tertiary/aromatic N) is 1. The number of allylic oxidation sites excluding steroid dienone is 9. The number of rotatable bonds is 7. The van der Waals surface area contributed by atoms with Crippen LogP contribution in [0.25, 0.3) is 71.3 Å². The SMILES string of the molecule is C=C/C=C\C(=C1\C=CC=CC1)c1ncccc1-c1ccc(-c2c3ccccc3c(-c3cccc4c(C5CCCCC5)cccc34)c3ccccc23)cc1. The summed E-state index contributed by atoms with van der Waals surface area (Å²) in [7, 11) is 0. The third-order valence-corrected chi connectivity index (χ3v) is 11.4. The summed E-state index contributed by atoms with van der Waals surface area (Å²) in [4.78, 5) is 4.94. The Labute approximate surface area is 313 Å². The largest absolute Gasteiger partial charge is 0.256 e. The molecule has 7 aromatic rings. The molecule has 0 N–H and O–H groups in total. The van der Waals surface area contributed by atoms with Gasteiger partial charge in [-0.2, -0.15) is 0 Å². The van der Waals surface area contributed by atoms with Crippen molar-refractivity contribution in [3.63, 3.8) is 0 Å². The van der Waals surface area contributed by atoms with Gasteiger partial charge in [-0.1, -0.05) is 184 Å². The van der Waals surface area contributed by atoms with E-state index in [1.54, 1.807) is 0 Å². The van der Waals surface area contributed by atoms with Crippen molar-refractivity contribution in [1.29, 1.82) is 0 Å². The molecule has 9 rings (SSSR count). The van der Waals surface area contributed by atoms with E-state index in [2.05, 4.69) is 152 Å². The van der Waals surface area contributed by atoms with Gasteiger partial charge in [0.1, 0.15) is 0 Å². The highest BCUT2D eigenvalue weighted by molar-refractivity contribution is 6.23. The summed E-state index contributed by atoms with van der Waals surface area (Å²) in [5.41, 5.74) is 12.3. The Balaban J connectivity index is 1.20. The van der Waals surface area contributed by atoms with E-state index in [9.17, 15) is 0 Å². The molecule has 1 heterocycles. The zero-order valence-corrected chi connectivity index (χ0v) is 30.1. The molecule has 0 amide bonds. The molecular weight excluding hydrogens is 639 g/mol. The van der Waals surface area contributed by atoms with E-state index in [4.69, 9.17) is 4.98 Å². The van der Waals surface area contributed by atoms with Gasteiger partial charge in [-0.3, -0.25) is 4.98 Å². The van der Waals surface area contributed by atoms with Crippen LogP contribution in [-0.4, -0.2) is 4.98 Å². The summed E-state index contributed by atoms with van der Waals surface area (Å²) < 4.78 is 0. The smallest absolute Gasteiger partial charge is 0.0783 e. The molecule has 1 fully saturated rings. The quantitative estimate of drug-likeness (QED) is 0.121. The third-order valence-electron chi connectivity index (χ3n) is 11.4. The van der Waals surface area contributed by atoms with Gasteiger partial charge in [0.25, 0.3) is 0 Å². The molecule has 0 bridgehead atoms. The highest BCUT2D eigenvalue weighted by atomic mass is 14.7. The second kappa shape index (κ2) is 14.5. The molecule has 6 aromatic carbocycles. The zero-order chi connectivity index (χ0) is 35.6. The van der Waals surface area contributed by atoms with Crippen LogP contribution < -0.4 is 0 Å². The van der Waals surface area contributed by atoms with Gasteiger partial charge < -0.3 is 0 Å². The first kappa shape index (κ1) is 32.8. The van der Waals surface area contributed by atoms with Crippen molar-refractivity contribution in [2.45, 2.75) is 44.4 Å². The van der Waals surface area contributed by atoms with Crippen LogP contribution in [0, 0.1) is 0 Å². The van der Waals surface area contributed by atoms with Crippen LogP contribution >= 0.6 is 0 Å². The molecule has 1 heteroatoms. The van der Waals surface area contributed by atoms with E-state index >= 15 is 0 Å². The molecule has 1 aromatic heterocycles. The van der Waals surface area contributed by atoms with Crippen molar-refractivity contribution in [3.8, 4) is 33.4 Å². The van der Waals surface area contributed by atoms with Crippen molar-refractivity contribution in [2.75, 3.05) is 0 Å². The van der Waals surface area contributed by atoms with Crippen LogP contribution in [0.1, 0.15) is 55.7 Å². The van der Waals surface area contributed by atoms with Crippen LogP contribution in [0.3, 0.4) is 0 Å². The predicted molar refractivity (Wildman–Crippen MR) is 228 cm³/mol. The Morgan fingerprint density at radius 2 is 1.23 bits per heavy atom. The number of fused-ring (bicyclic) bond motifs is 3. The molecule has 53 heavy (non-hydrogen) atoms. The van der Waals surface area contributed by atoms with E-state index < -0.39 is 0 Å². The monoisotopic (exact) mass is 681 g/mol. The molecule has 0 saturated heterocycles. The minimum Gasteiger partial charge on any atom is -0.256 e.